The van der Waals surface area contributed by atoms with Crippen LogP contribution in [0.3, 0.4) is 0 Å². The first-order chi connectivity index (χ1) is 8.79. The lowest BCUT2D eigenvalue weighted by Crippen LogP contribution is -2.02. The average Bonchev–Trinajstić information content (AvgIpc) is 2.39. The Bertz CT molecular complexity index is 515. The van der Waals surface area contributed by atoms with Gasteiger partial charge in [-0.25, -0.2) is 4.98 Å². The van der Waals surface area contributed by atoms with Crippen LogP contribution in [0.4, 0.5) is 5.82 Å². The van der Waals surface area contributed by atoms with Gasteiger partial charge in [-0.2, -0.15) is 0 Å². The monoisotopic (exact) mass is 244 g/mol. The number of rotatable bonds is 5. The van der Waals surface area contributed by atoms with Gasteiger partial charge in [0.15, 0.2) is 0 Å². The third kappa shape index (κ3) is 3.13. The number of aromatic nitrogens is 1. The van der Waals surface area contributed by atoms with E-state index >= 15 is 0 Å². The zero-order valence-corrected chi connectivity index (χ0v) is 10.3. The van der Waals surface area contributed by atoms with Crippen LogP contribution in [0.5, 0.6) is 11.5 Å². The zero-order chi connectivity index (χ0) is 12.8. The van der Waals surface area contributed by atoms with E-state index in [1.54, 1.807) is 6.20 Å². The molecule has 0 amide bonds. The van der Waals surface area contributed by atoms with Gasteiger partial charge in [-0.3, -0.25) is 0 Å². The van der Waals surface area contributed by atoms with E-state index in [4.69, 9.17) is 15.2 Å². The molecule has 0 saturated carbocycles. The largest absolute Gasteiger partial charge is 0.494 e. The predicted molar refractivity (Wildman–Crippen MR) is 70.6 cm³/mol. The summed E-state index contributed by atoms with van der Waals surface area (Å²) in [6.45, 7) is 2.98. The van der Waals surface area contributed by atoms with Crippen LogP contribution in [-0.4, -0.2) is 11.6 Å². The smallest absolute Gasteiger partial charge is 0.129 e. The van der Waals surface area contributed by atoms with Gasteiger partial charge in [0.1, 0.15) is 23.9 Å². The lowest BCUT2D eigenvalue weighted by molar-refractivity contribution is 0.300. The van der Waals surface area contributed by atoms with Crippen LogP contribution in [0.2, 0.25) is 0 Å². The molecule has 4 heteroatoms. The maximum Gasteiger partial charge on any atom is 0.129 e. The van der Waals surface area contributed by atoms with Gasteiger partial charge >= 0.3 is 0 Å². The Morgan fingerprint density at radius 3 is 2.61 bits per heavy atom. The van der Waals surface area contributed by atoms with E-state index in [1.807, 2.05) is 43.3 Å². The normalized spacial score (nSPS) is 10.1. The molecular weight excluding hydrogens is 228 g/mol. The molecule has 0 aliphatic carbocycles. The van der Waals surface area contributed by atoms with E-state index < -0.39 is 0 Å². The summed E-state index contributed by atoms with van der Waals surface area (Å²) in [5.74, 6) is 2.05. The molecule has 1 aromatic heterocycles. The summed E-state index contributed by atoms with van der Waals surface area (Å²) in [6, 6.07) is 11.3. The van der Waals surface area contributed by atoms with Crippen LogP contribution in [0.1, 0.15) is 12.5 Å². The average molecular weight is 244 g/mol. The van der Waals surface area contributed by atoms with Crippen molar-refractivity contribution in [1.82, 2.24) is 4.98 Å². The van der Waals surface area contributed by atoms with Crippen molar-refractivity contribution in [1.29, 1.82) is 0 Å². The maximum absolute atomic E-state index is 5.75. The van der Waals surface area contributed by atoms with Gasteiger partial charge in [-0.15, -0.1) is 0 Å². The Hall–Kier alpha value is -2.23. The van der Waals surface area contributed by atoms with Crippen LogP contribution >= 0.6 is 0 Å². The molecule has 0 saturated heterocycles. The van der Waals surface area contributed by atoms with Gasteiger partial charge in [-0.05, 0) is 25.1 Å². The minimum Gasteiger partial charge on any atom is -0.494 e. The number of pyridine rings is 1. The lowest BCUT2D eigenvalue weighted by Gasteiger charge is -2.09. The number of ether oxygens (including phenoxy) is 2. The summed E-state index contributed by atoms with van der Waals surface area (Å²) in [4.78, 5) is 4.01. The number of benzene rings is 1. The Labute approximate surface area is 106 Å². The van der Waals surface area contributed by atoms with E-state index in [-0.39, 0.29) is 0 Å². The van der Waals surface area contributed by atoms with Crippen LogP contribution in [0.15, 0.2) is 42.6 Å². The summed E-state index contributed by atoms with van der Waals surface area (Å²) in [5.41, 5.74) is 6.62. The molecule has 2 N–H and O–H groups in total. The van der Waals surface area contributed by atoms with Crippen LogP contribution in [-0.2, 0) is 6.61 Å². The molecule has 0 spiro atoms. The molecule has 1 aromatic carbocycles. The molecule has 94 valence electrons. The number of anilines is 1. The van der Waals surface area contributed by atoms with Crippen LogP contribution in [0, 0.1) is 0 Å². The van der Waals surface area contributed by atoms with Crippen molar-refractivity contribution >= 4 is 5.82 Å². The third-order valence-corrected chi connectivity index (χ3v) is 2.44. The quantitative estimate of drug-likeness (QED) is 0.878. The van der Waals surface area contributed by atoms with Crippen molar-refractivity contribution in [3.05, 3.63) is 48.2 Å². The molecule has 0 aliphatic rings. The van der Waals surface area contributed by atoms with Crippen LogP contribution < -0.4 is 15.2 Å². The van der Waals surface area contributed by atoms with Crippen molar-refractivity contribution in [3.8, 4) is 11.5 Å². The number of nitrogens with two attached hydrogens (primary N) is 1. The SMILES string of the molecule is CCOc1cccc(OCc2cccnc2N)c1. The Kier molecular flexibility index (Phi) is 4.02. The molecule has 18 heavy (non-hydrogen) atoms. The fourth-order valence-corrected chi connectivity index (χ4v) is 1.55. The molecule has 0 radical (unpaired) electrons. The zero-order valence-electron chi connectivity index (χ0n) is 10.3. The minimum absolute atomic E-state index is 0.398. The molecule has 0 bridgehead atoms. The lowest BCUT2D eigenvalue weighted by atomic mass is 10.2. The number of hydrogen-bond acceptors (Lipinski definition) is 4. The van der Waals surface area contributed by atoms with Crippen molar-refractivity contribution in [2.24, 2.45) is 0 Å². The molecule has 4 nitrogen and oxygen atoms in total. The van der Waals surface area contributed by atoms with E-state index in [1.165, 1.54) is 0 Å². The van der Waals surface area contributed by atoms with Gasteiger partial charge in [0, 0.05) is 17.8 Å². The second-order valence-electron chi connectivity index (χ2n) is 3.74. The minimum atomic E-state index is 0.398. The first kappa shape index (κ1) is 12.2. The molecule has 0 aliphatic heterocycles. The summed E-state index contributed by atoms with van der Waals surface area (Å²) in [7, 11) is 0. The highest BCUT2D eigenvalue weighted by Crippen LogP contribution is 2.21. The summed E-state index contributed by atoms with van der Waals surface area (Å²) in [6.07, 6.45) is 1.66. The fourth-order valence-electron chi connectivity index (χ4n) is 1.55. The predicted octanol–water partition coefficient (Wildman–Crippen LogP) is 2.64. The topological polar surface area (TPSA) is 57.4 Å². The van der Waals surface area contributed by atoms with E-state index in [0.29, 0.717) is 19.0 Å². The van der Waals surface area contributed by atoms with Crippen molar-refractivity contribution in [2.75, 3.05) is 12.3 Å². The van der Waals surface area contributed by atoms with E-state index in [2.05, 4.69) is 4.98 Å². The first-order valence-corrected chi connectivity index (χ1v) is 5.84. The Morgan fingerprint density at radius 2 is 1.89 bits per heavy atom. The second-order valence-corrected chi connectivity index (χ2v) is 3.74. The van der Waals surface area contributed by atoms with E-state index in [0.717, 1.165) is 17.1 Å². The molecule has 2 aromatic rings. The molecule has 1 heterocycles. The van der Waals surface area contributed by atoms with Crippen molar-refractivity contribution in [3.63, 3.8) is 0 Å². The number of nitrogens with zero attached hydrogens (tertiary/aromatic N) is 1. The third-order valence-electron chi connectivity index (χ3n) is 2.44. The highest BCUT2D eigenvalue weighted by Gasteiger charge is 2.01. The number of hydrogen-bond donors (Lipinski definition) is 1. The van der Waals surface area contributed by atoms with E-state index in [9.17, 15) is 0 Å². The van der Waals surface area contributed by atoms with Gasteiger partial charge in [-0.1, -0.05) is 12.1 Å². The van der Waals surface area contributed by atoms with Crippen molar-refractivity contribution < 1.29 is 9.47 Å². The molecule has 0 unspecified atom stereocenters. The first-order valence-electron chi connectivity index (χ1n) is 5.84. The molecule has 0 fully saturated rings. The Morgan fingerprint density at radius 1 is 1.11 bits per heavy atom. The molecular formula is C14H16N2O2. The standard InChI is InChI=1S/C14H16N2O2/c1-2-17-12-6-3-7-13(9-12)18-10-11-5-4-8-16-14(11)15/h3-9H,2,10H2,1H3,(H2,15,16). The Balaban J connectivity index is 2.02. The summed E-state index contributed by atoms with van der Waals surface area (Å²) < 4.78 is 11.1. The van der Waals surface area contributed by atoms with Crippen LogP contribution in [0.25, 0.3) is 0 Å². The van der Waals surface area contributed by atoms with Gasteiger partial charge in [0.25, 0.3) is 0 Å². The summed E-state index contributed by atoms with van der Waals surface area (Å²) >= 11 is 0. The second kappa shape index (κ2) is 5.91. The van der Waals surface area contributed by atoms with Gasteiger partial charge in [0.2, 0.25) is 0 Å². The molecule has 0 atom stereocenters. The van der Waals surface area contributed by atoms with Gasteiger partial charge < -0.3 is 15.2 Å². The van der Waals surface area contributed by atoms with Gasteiger partial charge in [0.05, 0.1) is 6.61 Å². The van der Waals surface area contributed by atoms with Crippen molar-refractivity contribution in [2.45, 2.75) is 13.5 Å². The highest BCUT2D eigenvalue weighted by molar-refractivity contribution is 5.39. The summed E-state index contributed by atoms with van der Waals surface area (Å²) in [5, 5.41) is 0. The fraction of sp³-hybridized carbons (Fsp3) is 0.214. The highest BCUT2D eigenvalue weighted by atomic mass is 16.5. The maximum atomic E-state index is 5.75. The number of nitrogen functional groups attached to an aromatic ring is 1. The molecule has 2 rings (SSSR count).